The van der Waals surface area contributed by atoms with E-state index in [1.165, 1.54) is 0 Å². The second-order valence-corrected chi connectivity index (χ2v) is 5.61. The van der Waals surface area contributed by atoms with E-state index in [2.05, 4.69) is 44.8 Å². The number of morpholine rings is 1. The molecule has 0 bridgehead atoms. The molecule has 0 aromatic carbocycles. The summed E-state index contributed by atoms with van der Waals surface area (Å²) in [5.74, 6) is 0.731. The Labute approximate surface area is 101 Å². The lowest BCUT2D eigenvalue weighted by Crippen LogP contribution is -2.51. The first-order valence-corrected chi connectivity index (χ1v) is 6.59. The molecule has 3 nitrogen and oxygen atoms in total. The number of hydrogen-bond acceptors (Lipinski definition) is 3. The van der Waals surface area contributed by atoms with Crippen molar-refractivity contribution in [2.45, 2.75) is 52.9 Å². The fourth-order valence-corrected chi connectivity index (χ4v) is 2.29. The molecule has 1 fully saturated rings. The molecule has 0 aromatic heterocycles. The lowest BCUT2D eigenvalue weighted by Gasteiger charge is -2.39. The minimum atomic E-state index is 0.372. The van der Waals surface area contributed by atoms with Gasteiger partial charge in [-0.1, -0.05) is 13.8 Å². The minimum Gasteiger partial charge on any atom is -0.373 e. The summed E-state index contributed by atoms with van der Waals surface area (Å²) in [4.78, 5) is 2.53. The quantitative estimate of drug-likeness (QED) is 0.775. The summed E-state index contributed by atoms with van der Waals surface area (Å²) < 4.78 is 5.75. The zero-order chi connectivity index (χ0) is 12.1. The second-order valence-electron chi connectivity index (χ2n) is 5.61. The molecule has 96 valence electrons. The molecule has 1 aliphatic rings. The maximum absolute atomic E-state index is 5.75. The largest absolute Gasteiger partial charge is 0.373 e. The molecule has 1 aliphatic heterocycles. The van der Waals surface area contributed by atoms with Gasteiger partial charge in [0.1, 0.15) is 0 Å². The van der Waals surface area contributed by atoms with Crippen LogP contribution in [0.3, 0.4) is 0 Å². The summed E-state index contributed by atoms with van der Waals surface area (Å²) in [5, 5.41) is 3.53. The third kappa shape index (κ3) is 4.81. The highest BCUT2D eigenvalue weighted by molar-refractivity contribution is 4.78. The first-order chi connectivity index (χ1) is 7.49. The van der Waals surface area contributed by atoms with E-state index in [0.29, 0.717) is 18.2 Å². The van der Waals surface area contributed by atoms with Crippen LogP contribution in [0.15, 0.2) is 0 Å². The van der Waals surface area contributed by atoms with Crippen molar-refractivity contribution in [2.24, 2.45) is 5.92 Å². The Morgan fingerprint density at radius 3 is 2.19 bits per heavy atom. The average molecular weight is 228 g/mol. The fourth-order valence-electron chi connectivity index (χ4n) is 2.29. The second kappa shape index (κ2) is 6.58. The Balaban J connectivity index is 2.26. The van der Waals surface area contributed by atoms with Gasteiger partial charge >= 0.3 is 0 Å². The van der Waals surface area contributed by atoms with Crippen molar-refractivity contribution in [3.05, 3.63) is 0 Å². The van der Waals surface area contributed by atoms with E-state index >= 15 is 0 Å². The molecule has 0 aliphatic carbocycles. The van der Waals surface area contributed by atoms with Gasteiger partial charge in [-0.25, -0.2) is 0 Å². The van der Waals surface area contributed by atoms with Crippen molar-refractivity contribution in [2.75, 3.05) is 26.2 Å². The van der Waals surface area contributed by atoms with Gasteiger partial charge in [0, 0.05) is 25.7 Å². The molecule has 0 radical (unpaired) electrons. The maximum Gasteiger partial charge on any atom is 0.0678 e. The van der Waals surface area contributed by atoms with Crippen molar-refractivity contribution < 1.29 is 4.74 Å². The van der Waals surface area contributed by atoms with Crippen LogP contribution in [0, 0.1) is 5.92 Å². The van der Waals surface area contributed by atoms with E-state index in [1.54, 1.807) is 0 Å². The molecule has 1 heterocycles. The molecule has 1 N–H and O–H groups in total. The summed E-state index contributed by atoms with van der Waals surface area (Å²) in [6, 6.07) is 0.604. The molecular weight excluding hydrogens is 200 g/mol. The summed E-state index contributed by atoms with van der Waals surface area (Å²) in [5.41, 5.74) is 0. The molecule has 1 unspecified atom stereocenters. The van der Waals surface area contributed by atoms with Gasteiger partial charge in [0.15, 0.2) is 0 Å². The van der Waals surface area contributed by atoms with Crippen molar-refractivity contribution in [1.82, 2.24) is 10.2 Å². The van der Waals surface area contributed by atoms with Gasteiger partial charge < -0.3 is 10.1 Å². The van der Waals surface area contributed by atoms with Crippen molar-refractivity contribution >= 4 is 0 Å². The number of ether oxygens (including phenoxy) is 1. The molecule has 3 heteroatoms. The van der Waals surface area contributed by atoms with Crippen molar-refractivity contribution in [3.63, 3.8) is 0 Å². The van der Waals surface area contributed by atoms with Gasteiger partial charge in [0.05, 0.1) is 12.2 Å². The highest BCUT2D eigenvalue weighted by Crippen LogP contribution is 2.13. The molecule has 16 heavy (non-hydrogen) atoms. The van der Waals surface area contributed by atoms with Crippen LogP contribution in [-0.2, 0) is 4.74 Å². The van der Waals surface area contributed by atoms with Crippen LogP contribution in [0.2, 0.25) is 0 Å². The van der Waals surface area contributed by atoms with Crippen LogP contribution in [0.5, 0.6) is 0 Å². The van der Waals surface area contributed by atoms with Crippen molar-refractivity contribution in [3.8, 4) is 0 Å². The zero-order valence-electron chi connectivity index (χ0n) is 11.5. The van der Waals surface area contributed by atoms with E-state index in [-0.39, 0.29) is 0 Å². The van der Waals surface area contributed by atoms with Gasteiger partial charge in [-0.05, 0) is 33.2 Å². The SMILES string of the molecule is CC(C)CNCC(C)N1C[C@@H](C)O[C@@H](C)C1. The third-order valence-electron chi connectivity index (χ3n) is 3.06. The number of rotatable bonds is 5. The summed E-state index contributed by atoms with van der Waals surface area (Å²) in [6.45, 7) is 15.4. The van der Waals surface area contributed by atoms with Crippen LogP contribution < -0.4 is 5.32 Å². The first kappa shape index (κ1) is 13.9. The van der Waals surface area contributed by atoms with E-state index in [9.17, 15) is 0 Å². The predicted molar refractivity (Wildman–Crippen MR) is 68.8 cm³/mol. The summed E-state index contributed by atoms with van der Waals surface area (Å²) in [7, 11) is 0. The molecule has 0 spiro atoms. The van der Waals surface area contributed by atoms with Crippen LogP contribution in [0.1, 0.15) is 34.6 Å². The Morgan fingerprint density at radius 1 is 1.12 bits per heavy atom. The van der Waals surface area contributed by atoms with Gasteiger partial charge in [-0.3, -0.25) is 4.90 Å². The maximum atomic E-state index is 5.75. The monoisotopic (exact) mass is 228 g/mol. The van der Waals surface area contributed by atoms with Gasteiger partial charge in [-0.2, -0.15) is 0 Å². The van der Waals surface area contributed by atoms with E-state index in [4.69, 9.17) is 4.74 Å². The zero-order valence-corrected chi connectivity index (χ0v) is 11.5. The molecular formula is C13H28N2O. The molecule has 0 aromatic rings. The highest BCUT2D eigenvalue weighted by Gasteiger charge is 2.25. The third-order valence-corrected chi connectivity index (χ3v) is 3.06. The van der Waals surface area contributed by atoms with E-state index in [0.717, 1.165) is 32.1 Å². The molecule has 0 amide bonds. The Kier molecular flexibility index (Phi) is 5.73. The fraction of sp³-hybridized carbons (Fsp3) is 1.00. The van der Waals surface area contributed by atoms with Crippen LogP contribution in [0.25, 0.3) is 0 Å². The van der Waals surface area contributed by atoms with Crippen LogP contribution >= 0.6 is 0 Å². The number of nitrogens with zero attached hydrogens (tertiary/aromatic N) is 1. The Bertz CT molecular complexity index is 186. The van der Waals surface area contributed by atoms with Gasteiger partial charge in [-0.15, -0.1) is 0 Å². The smallest absolute Gasteiger partial charge is 0.0678 e. The number of hydrogen-bond donors (Lipinski definition) is 1. The Hall–Kier alpha value is -0.120. The van der Waals surface area contributed by atoms with E-state index in [1.807, 2.05) is 0 Å². The molecule has 1 rings (SSSR count). The van der Waals surface area contributed by atoms with Crippen molar-refractivity contribution in [1.29, 1.82) is 0 Å². The molecule has 0 saturated carbocycles. The standard InChI is InChI=1S/C13H28N2O/c1-10(2)6-14-7-11(3)15-8-12(4)16-13(5)9-15/h10-14H,6-9H2,1-5H3/t11?,12-,13+. The van der Waals surface area contributed by atoms with E-state index < -0.39 is 0 Å². The minimum absolute atomic E-state index is 0.372. The number of nitrogens with one attached hydrogen (secondary N) is 1. The average Bonchev–Trinajstić information content (AvgIpc) is 2.15. The Morgan fingerprint density at radius 2 is 1.69 bits per heavy atom. The van der Waals surface area contributed by atoms with Gasteiger partial charge in [0.2, 0.25) is 0 Å². The normalized spacial score (nSPS) is 29.6. The highest BCUT2D eigenvalue weighted by atomic mass is 16.5. The topological polar surface area (TPSA) is 24.5 Å². The molecule has 3 atom stereocenters. The summed E-state index contributed by atoms with van der Waals surface area (Å²) >= 11 is 0. The lowest BCUT2D eigenvalue weighted by molar-refractivity contribution is -0.0781. The van der Waals surface area contributed by atoms with Crippen LogP contribution in [-0.4, -0.2) is 49.3 Å². The first-order valence-electron chi connectivity index (χ1n) is 6.59. The summed E-state index contributed by atoms with van der Waals surface area (Å²) in [6.07, 6.45) is 0.743. The molecule has 1 saturated heterocycles. The van der Waals surface area contributed by atoms with Gasteiger partial charge in [0.25, 0.3) is 0 Å². The lowest BCUT2D eigenvalue weighted by atomic mass is 10.1. The predicted octanol–water partition coefficient (Wildman–Crippen LogP) is 1.73. The van der Waals surface area contributed by atoms with Crippen LogP contribution in [0.4, 0.5) is 0 Å².